The SMILES string of the molecule is CCOC(=O)c1cnc2c(C)cc(Cl)cc2c1Nc1ccc(C)c(C)c1. The van der Waals surface area contributed by atoms with Crippen LogP contribution in [0.4, 0.5) is 11.4 Å². The molecule has 3 rings (SSSR count). The molecule has 0 aliphatic heterocycles. The molecule has 0 atom stereocenters. The minimum absolute atomic E-state index is 0.300. The second kappa shape index (κ2) is 7.34. The number of rotatable bonds is 4. The average Bonchev–Trinajstić information content (AvgIpc) is 2.58. The summed E-state index contributed by atoms with van der Waals surface area (Å²) in [6.07, 6.45) is 1.56. The smallest absolute Gasteiger partial charge is 0.341 e. The standard InChI is InChI=1S/C21H21ClN2O2/c1-5-26-21(25)18-11-23-19-14(4)8-15(22)10-17(19)20(18)24-16-7-6-12(2)13(3)9-16/h6-11H,5H2,1-4H3,(H,23,24). The number of aromatic nitrogens is 1. The van der Waals surface area contributed by atoms with Crippen molar-refractivity contribution in [3.63, 3.8) is 0 Å². The van der Waals surface area contributed by atoms with Crippen LogP contribution in [0.5, 0.6) is 0 Å². The van der Waals surface area contributed by atoms with Gasteiger partial charge in [0.1, 0.15) is 5.56 Å². The highest BCUT2D eigenvalue weighted by Gasteiger charge is 2.18. The van der Waals surface area contributed by atoms with E-state index in [-0.39, 0.29) is 0 Å². The fourth-order valence-electron chi connectivity index (χ4n) is 2.90. The van der Waals surface area contributed by atoms with Gasteiger partial charge in [0.2, 0.25) is 0 Å². The van der Waals surface area contributed by atoms with Gasteiger partial charge in [0.15, 0.2) is 0 Å². The van der Waals surface area contributed by atoms with Crippen LogP contribution in [-0.4, -0.2) is 17.6 Å². The van der Waals surface area contributed by atoms with Gasteiger partial charge < -0.3 is 10.1 Å². The lowest BCUT2D eigenvalue weighted by Gasteiger charge is -2.16. The second-order valence-electron chi connectivity index (χ2n) is 6.31. The lowest BCUT2D eigenvalue weighted by atomic mass is 10.0. The molecule has 0 saturated heterocycles. The molecule has 1 N–H and O–H groups in total. The van der Waals surface area contributed by atoms with Crippen molar-refractivity contribution in [3.8, 4) is 0 Å². The van der Waals surface area contributed by atoms with E-state index in [2.05, 4.69) is 24.1 Å². The van der Waals surface area contributed by atoms with E-state index in [0.717, 1.165) is 22.2 Å². The van der Waals surface area contributed by atoms with Crippen LogP contribution in [0.1, 0.15) is 34.0 Å². The van der Waals surface area contributed by atoms with Crippen molar-refractivity contribution in [2.45, 2.75) is 27.7 Å². The normalized spacial score (nSPS) is 10.8. The number of nitrogens with zero attached hydrogens (tertiary/aromatic N) is 1. The number of esters is 1. The summed E-state index contributed by atoms with van der Waals surface area (Å²) in [4.78, 5) is 16.9. The van der Waals surface area contributed by atoms with E-state index < -0.39 is 5.97 Å². The number of carbonyl (C=O) groups excluding carboxylic acids is 1. The fraction of sp³-hybridized carbons (Fsp3) is 0.238. The number of hydrogen-bond acceptors (Lipinski definition) is 4. The first kappa shape index (κ1) is 18.2. The summed E-state index contributed by atoms with van der Waals surface area (Å²) in [5.41, 5.74) is 6.06. The molecule has 1 aromatic heterocycles. The van der Waals surface area contributed by atoms with E-state index >= 15 is 0 Å². The van der Waals surface area contributed by atoms with E-state index in [4.69, 9.17) is 16.3 Å². The topological polar surface area (TPSA) is 51.2 Å². The maximum atomic E-state index is 12.5. The summed E-state index contributed by atoms with van der Waals surface area (Å²) < 4.78 is 5.21. The number of nitrogens with one attached hydrogen (secondary N) is 1. The van der Waals surface area contributed by atoms with Crippen molar-refractivity contribution in [1.82, 2.24) is 4.98 Å². The largest absolute Gasteiger partial charge is 0.462 e. The van der Waals surface area contributed by atoms with Crippen LogP contribution in [0, 0.1) is 20.8 Å². The number of ether oxygens (including phenoxy) is 1. The number of aryl methyl sites for hydroxylation is 3. The van der Waals surface area contributed by atoms with Crippen molar-refractivity contribution < 1.29 is 9.53 Å². The minimum Gasteiger partial charge on any atom is -0.462 e. The molecule has 0 aliphatic carbocycles. The van der Waals surface area contributed by atoms with Gasteiger partial charge >= 0.3 is 5.97 Å². The number of halogens is 1. The Morgan fingerprint density at radius 2 is 1.88 bits per heavy atom. The van der Waals surface area contributed by atoms with Gasteiger partial charge in [-0.2, -0.15) is 0 Å². The van der Waals surface area contributed by atoms with Gasteiger partial charge in [-0.05, 0) is 68.7 Å². The number of fused-ring (bicyclic) bond motifs is 1. The van der Waals surface area contributed by atoms with Crippen molar-refractivity contribution in [1.29, 1.82) is 0 Å². The third kappa shape index (κ3) is 3.51. The van der Waals surface area contributed by atoms with Crippen molar-refractivity contribution in [2.24, 2.45) is 0 Å². The van der Waals surface area contributed by atoms with E-state index in [1.54, 1.807) is 13.1 Å². The Bertz CT molecular complexity index is 999. The third-order valence-corrected chi connectivity index (χ3v) is 4.62. The van der Waals surface area contributed by atoms with Crippen LogP contribution in [0.15, 0.2) is 36.5 Å². The van der Waals surface area contributed by atoms with Crippen LogP contribution >= 0.6 is 11.6 Å². The molecular formula is C21H21ClN2O2. The molecule has 26 heavy (non-hydrogen) atoms. The summed E-state index contributed by atoms with van der Waals surface area (Å²) in [5.74, 6) is -0.411. The van der Waals surface area contributed by atoms with Crippen molar-refractivity contribution in [3.05, 3.63) is 63.8 Å². The maximum Gasteiger partial charge on any atom is 0.341 e. The number of carbonyl (C=O) groups is 1. The third-order valence-electron chi connectivity index (χ3n) is 4.40. The van der Waals surface area contributed by atoms with Gasteiger partial charge in [-0.15, -0.1) is 0 Å². The Balaban J connectivity index is 2.22. The Morgan fingerprint density at radius 3 is 2.58 bits per heavy atom. The number of pyridine rings is 1. The molecule has 0 fully saturated rings. The molecule has 0 bridgehead atoms. The van der Waals surface area contributed by atoms with Gasteiger partial charge in [0, 0.05) is 22.3 Å². The van der Waals surface area contributed by atoms with Gasteiger partial charge in [-0.25, -0.2) is 4.79 Å². The molecule has 0 amide bonds. The predicted octanol–water partition coefficient (Wildman–Crippen LogP) is 5.73. The van der Waals surface area contributed by atoms with E-state index in [0.29, 0.717) is 22.9 Å². The zero-order chi connectivity index (χ0) is 18.8. The van der Waals surface area contributed by atoms with E-state index in [1.807, 2.05) is 37.3 Å². The molecule has 0 aliphatic rings. The summed E-state index contributed by atoms with van der Waals surface area (Å²) in [7, 11) is 0. The van der Waals surface area contributed by atoms with Crippen molar-refractivity contribution >= 4 is 39.8 Å². The van der Waals surface area contributed by atoms with Crippen molar-refractivity contribution in [2.75, 3.05) is 11.9 Å². The highest BCUT2D eigenvalue weighted by Crippen LogP contribution is 2.33. The zero-order valence-electron chi connectivity index (χ0n) is 15.3. The summed E-state index contributed by atoms with van der Waals surface area (Å²) in [5, 5.41) is 4.77. The van der Waals surface area contributed by atoms with Crippen LogP contribution in [0.3, 0.4) is 0 Å². The molecule has 2 aromatic carbocycles. The highest BCUT2D eigenvalue weighted by molar-refractivity contribution is 6.31. The van der Waals surface area contributed by atoms with Crippen LogP contribution < -0.4 is 5.32 Å². The molecule has 0 radical (unpaired) electrons. The first-order valence-electron chi connectivity index (χ1n) is 8.51. The summed E-state index contributed by atoms with van der Waals surface area (Å²) in [6.45, 7) is 8.15. The second-order valence-corrected chi connectivity index (χ2v) is 6.75. The minimum atomic E-state index is -0.411. The maximum absolute atomic E-state index is 12.5. The Morgan fingerprint density at radius 1 is 1.12 bits per heavy atom. The quantitative estimate of drug-likeness (QED) is 0.597. The van der Waals surface area contributed by atoms with Crippen LogP contribution in [0.25, 0.3) is 10.9 Å². The van der Waals surface area contributed by atoms with Crippen LogP contribution in [-0.2, 0) is 4.74 Å². The number of hydrogen-bond donors (Lipinski definition) is 1. The lowest BCUT2D eigenvalue weighted by Crippen LogP contribution is -2.09. The van der Waals surface area contributed by atoms with Gasteiger partial charge in [-0.3, -0.25) is 4.98 Å². The first-order valence-corrected chi connectivity index (χ1v) is 8.88. The zero-order valence-corrected chi connectivity index (χ0v) is 16.1. The Hall–Kier alpha value is -2.59. The monoisotopic (exact) mass is 368 g/mol. The average molecular weight is 369 g/mol. The lowest BCUT2D eigenvalue weighted by molar-refractivity contribution is 0.0527. The molecular weight excluding hydrogens is 348 g/mol. The highest BCUT2D eigenvalue weighted by atomic mass is 35.5. The summed E-state index contributed by atoms with van der Waals surface area (Å²) in [6, 6.07) is 9.77. The molecule has 3 aromatic rings. The predicted molar refractivity (Wildman–Crippen MR) is 107 cm³/mol. The number of anilines is 2. The van der Waals surface area contributed by atoms with E-state index in [9.17, 15) is 4.79 Å². The molecule has 4 nitrogen and oxygen atoms in total. The van der Waals surface area contributed by atoms with Crippen LogP contribution in [0.2, 0.25) is 5.02 Å². The first-order chi connectivity index (χ1) is 12.4. The molecule has 0 spiro atoms. The fourth-order valence-corrected chi connectivity index (χ4v) is 3.17. The summed E-state index contributed by atoms with van der Waals surface area (Å²) >= 11 is 6.27. The molecule has 1 heterocycles. The molecule has 0 saturated carbocycles. The molecule has 134 valence electrons. The van der Waals surface area contributed by atoms with Gasteiger partial charge in [-0.1, -0.05) is 17.7 Å². The number of benzene rings is 2. The van der Waals surface area contributed by atoms with Gasteiger partial charge in [0.05, 0.1) is 17.8 Å². The van der Waals surface area contributed by atoms with Gasteiger partial charge in [0.25, 0.3) is 0 Å². The Kier molecular flexibility index (Phi) is 5.14. The molecule has 5 heteroatoms. The van der Waals surface area contributed by atoms with E-state index in [1.165, 1.54) is 11.1 Å². The Labute approximate surface area is 158 Å². The molecule has 0 unspecified atom stereocenters.